The molecule has 0 amide bonds. The highest BCUT2D eigenvalue weighted by Crippen LogP contribution is 2.33. The minimum atomic E-state index is -0.785. The number of carboxylic acids is 1. The van der Waals surface area contributed by atoms with Crippen molar-refractivity contribution in [1.82, 2.24) is 0 Å². The number of hydrogen-bond acceptors (Lipinski definition) is 2. The maximum absolute atomic E-state index is 10.3. The Morgan fingerprint density at radius 3 is 2.29 bits per heavy atom. The molecular weight excluding hydrogens is 284 g/mol. The van der Waals surface area contributed by atoms with E-state index < -0.39 is 5.97 Å². The molecule has 0 aromatic heterocycles. The summed E-state index contributed by atoms with van der Waals surface area (Å²) in [5.74, 6) is -0.785. The summed E-state index contributed by atoms with van der Waals surface area (Å²) < 4.78 is 0. The highest BCUT2D eigenvalue weighted by Gasteiger charge is 2.07. The van der Waals surface area contributed by atoms with E-state index in [0.29, 0.717) is 33.7 Å². The van der Waals surface area contributed by atoms with Gasteiger partial charge in [0.2, 0.25) is 0 Å². The molecular formula is C11H12Cl3NO2. The van der Waals surface area contributed by atoms with Crippen LogP contribution in [0.3, 0.4) is 0 Å². The molecule has 0 unspecified atom stereocenters. The number of nitrogens with one attached hydrogen (secondary N) is 1. The number of carbonyl (C=O) groups is 1. The lowest BCUT2D eigenvalue weighted by molar-refractivity contribution is -0.137. The normalized spacial score (nSPS) is 10.3. The van der Waals surface area contributed by atoms with Gasteiger partial charge in [0.25, 0.3) is 0 Å². The average molecular weight is 297 g/mol. The Kier molecular flexibility index (Phi) is 5.89. The fraction of sp³-hybridized carbons (Fsp3) is 0.364. The molecule has 1 aromatic carbocycles. The maximum Gasteiger partial charge on any atom is 0.303 e. The molecule has 6 heteroatoms. The maximum atomic E-state index is 10.3. The summed E-state index contributed by atoms with van der Waals surface area (Å²) >= 11 is 17.7. The highest BCUT2D eigenvalue weighted by molar-refractivity contribution is 6.41. The van der Waals surface area contributed by atoms with Gasteiger partial charge in [0, 0.05) is 18.0 Å². The number of benzene rings is 1. The molecule has 0 bridgehead atoms. The van der Waals surface area contributed by atoms with Gasteiger partial charge in [-0.1, -0.05) is 34.8 Å². The van der Waals surface area contributed by atoms with E-state index in [9.17, 15) is 4.79 Å². The van der Waals surface area contributed by atoms with Gasteiger partial charge in [-0.3, -0.25) is 4.79 Å². The Labute approximate surface area is 115 Å². The quantitative estimate of drug-likeness (QED) is 0.769. The van der Waals surface area contributed by atoms with Crippen LogP contribution in [0.15, 0.2) is 12.1 Å². The summed E-state index contributed by atoms with van der Waals surface area (Å²) in [4.78, 5) is 10.3. The van der Waals surface area contributed by atoms with Gasteiger partial charge in [0.15, 0.2) is 0 Å². The molecule has 0 saturated heterocycles. The molecule has 0 aliphatic carbocycles. The van der Waals surface area contributed by atoms with Crippen molar-refractivity contribution in [3.05, 3.63) is 27.2 Å². The topological polar surface area (TPSA) is 49.3 Å². The summed E-state index contributed by atoms with van der Waals surface area (Å²) in [6.07, 6.45) is 1.52. The van der Waals surface area contributed by atoms with Gasteiger partial charge in [-0.25, -0.2) is 0 Å². The van der Waals surface area contributed by atoms with Crippen LogP contribution in [0.2, 0.25) is 15.1 Å². The van der Waals surface area contributed by atoms with Crippen molar-refractivity contribution in [3.63, 3.8) is 0 Å². The zero-order valence-electron chi connectivity index (χ0n) is 8.97. The summed E-state index contributed by atoms with van der Waals surface area (Å²) in [6, 6.07) is 3.21. The number of aliphatic carboxylic acids is 1. The minimum Gasteiger partial charge on any atom is -0.481 e. The molecule has 1 aromatic rings. The van der Waals surface area contributed by atoms with Crippen LogP contribution < -0.4 is 5.32 Å². The van der Waals surface area contributed by atoms with Crippen molar-refractivity contribution in [1.29, 1.82) is 0 Å². The molecule has 0 fully saturated rings. The molecule has 0 saturated carbocycles. The second kappa shape index (κ2) is 6.94. The Hall–Kier alpha value is -0.640. The predicted molar refractivity (Wildman–Crippen MR) is 71.4 cm³/mol. The Morgan fingerprint density at radius 1 is 1.18 bits per heavy atom. The van der Waals surface area contributed by atoms with Crippen molar-refractivity contribution in [2.24, 2.45) is 0 Å². The molecule has 0 aliphatic heterocycles. The molecule has 17 heavy (non-hydrogen) atoms. The van der Waals surface area contributed by atoms with Gasteiger partial charge >= 0.3 is 5.97 Å². The Bertz CT molecular complexity index is 387. The first kappa shape index (κ1) is 14.4. The molecule has 0 atom stereocenters. The number of hydrogen-bond donors (Lipinski definition) is 2. The monoisotopic (exact) mass is 295 g/mol. The predicted octanol–water partition coefficient (Wildman–Crippen LogP) is 4.31. The minimum absolute atomic E-state index is 0.170. The van der Waals surface area contributed by atoms with E-state index in [2.05, 4.69) is 5.32 Å². The van der Waals surface area contributed by atoms with Crippen LogP contribution in [0.4, 0.5) is 5.69 Å². The highest BCUT2D eigenvalue weighted by atomic mass is 35.5. The van der Waals surface area contributed by atoms with E-state index in [0.717, 1.165) is 6.42 Å². The third-order valence-electron chi connectivity index (χ3n) is 2.13. The summed E-state index contributed by atoms with van der Waals surface area (Å²) in [6.45, 7) is 0.619. The number of halogens is 3. The number of carboxylic acid groups (broad SMARTS) is 1. The van der Waals surface area contributed by atoms with Crippen LogP contribution in [0.25, 0.3) is 0 Å². The summed E-state index contributed by atoms with van der Waals surface area (Å²) in [7, 11) is 0. The standard InChI is InChI=1S/C11H12Cl3NO2/c12-7-5-8(13)11(9(14)6-7)15-4-2-1-3-10(16)17/h5-6,15H,1-4H2,(H,16,17). The van der Waals surface area contributed by atoms with Crippen molar-refractivity contribution in [2.45, 2.75) is 19.3 Å². The molecule has 94 valence electrons. The lowest BCUT2D eigenvalue weighted by Crippen LogP contribution is -2.04. The molecule has 0 aliphatic rings. The van der Waals surface area contributed by atoms with Crippen LogP contribution in [-0.4, -0.2) is 17.6 Å². The van der Waals surface area contributed by atoms with E-state index in [1.807, 2.05) is 0 Å². The lowest BCUT2D eigenvalue weighted by atomic mass is 10.2. The molecule has 0 heterocycles. The zero-order valence-corrected chi connectivity index (χ0v) is 11.2. The largest absolute Gasteiger partial charge is 0.481 e. The average Bonchev–Trinajstić information content (AvgIpc) is 2.20. The van der Waals surface area contributed by atoms with Gasteiger partial charge < -0.3 is 10.4 Å². The summed E-state index contributed by atoms with van der Waals surface area (Å²) in [5, 5.41) is 12.9. The lowest BCUT2D eigenvalue weighted by Gasteiger charge is -2.10. The van der Waals surface area contributed by atoms with Crippen LogP contribution in [-0.2, 0) is 4.79 Å². The molecule has 0 spiro atoms. The van der Waals surface area contributed by atoms with Crippen molar-refractivity contribution >= 4 is 46.5 Å². The second-order valence-corrected chi connectivity index (χ2v) is 4.77. The third-order valence-corrected chi connectivity index (χ3v) is 2.94. The van der Waals surface area contributed by atoms with Gasteiger partial charge in [-0.15, -0.1) is 0 Å². The second-order valence-electron chi connectivity index (χ2n) is 3.52. The van der Waals surface area contributed by atoms with Gasteiger partial charge in [0.05, 0.1) is 15.7 Å². The van der Waals surface area contributed by atoms with Crippen LogP contribution in [0.1, 0.15) is 19.3 Å². The first-order valence-corrected chi connectivity index (χ1v) is 6.24. The van der Waals surface area contributed by atoms with Gasteiger partial charge in [-0.2, -0.15) is 0 Å². The van der Waals surface area contributed by atoms with Crippen LogP contribution in [0, 0.1) is 0 Å². The molecule has 3 nitrogen and oxygen atoms in total. The fourth-order valence-electron chi connectivity index (χ4n) is 1.33. The van der Waals surface area contributed by atoms with E-state index in [1.165, 1.54) is 0 Å². The first-order chi connectivity index (χ1) is 8.00. The number of rotatable bonds is 6. The van der Waals surface area contributed by atoms with Gasteiger partial charge in [0.1, 0.15) is 0 Å². The van der Waals surface area contributed by atoms with E-state index >= 15 is 0 Å². The van der Waals surface area contributed by atoms with E-state index in [4.69, 9.17) is 39.9 Å². The molecule has 1 rings (SSSR count). The van der Waals surface area contributed by atoms with E-state index in [1.54, 1.807) is 12.1 Å². The zero-order chi connectivity index (χ0) is 12.8. The first-order valence-electron chi connectivity index (χ1n) is 5.11. The smallest absolute Gasteiger partial charge is 0.303 e. The third kappa shape index (κ3) is 5.02. The van der Waals surface area contributed by atoms with Crippen LogP contribution in [0.5, 0.6) is 0 Å². The summed E-state index contributed by atoms with van der Waals surface area (Å²) in [5.41, 5.74) is 0.632. The van der Waals surface area contributed by atoms with Crippen molar-refractivity contribution in [3.8, 4) is 0 Å². The van der Waals surface area contributed by atoms with Crippen molar-refractivity contribution < 1.29 is 9.90 Å². The number of anilines is 1. The van der Waals surface area contributed by atoms with Crippen LogP contribution >= 0.6 is 34.8 Å². The van der Waals surface area contributed by atoms with Crippen molar-refractivity contribution in [2.75, 3.05) is 11.9 Å². The number of unbranched alkanes of at least 4 members (excludes halogenated alkanes) is 1. The molecule has 0 radical (unpaired) electrons. The Morgan fingerprint density at radius 2 is 1.76 bits per heavy atom. The fourth-order valence-corrected chi connectivity index (χ4v) is 2.28. The molecule has 2 N–H and O–H groups in total. The van der Waals surface area contributed by atoms with Gasteiger partial charge in [-0.05, 0) is 25.0 Å². The Balaban J connectivity index is 2.44. The SMILES string of the molecule is O=C(O)CCCCNc1c(Cl)cc(Cl)cc1Cl. The van der Waals surface area contributed by atoms with E-state index in [-0.39, 0.29) is 6.42 Å².